The number of carbonyl (C=O) groups is 2. The van der Waals surface area contributed by atoms with Gasteiger partial charge in [-0.2, -0.15) is 0 Å². The molecular weight excluding hydrogens is 352 g/mol. The van der Waals surface area contributed by atoms with Gasteiger partial charge in [0, 0.05) is 22.5 Å². The van der Waals surface area contributed by atoms with E-state index in [2.05, 4.69) is 27.3 Å². The third-order valence-corrected chi connectivity index (χ3v) is 4.59. The fourth-order valence-corrected chi connectivity index (χ4v) is 3.38. The van der Waals surface area contributed by atoms with Gasteiger partial charge in [-0.15, -0.1) is 11.3 Å². The Kier molecular flexibility index (Phi) is 5.52. The van der Waals surface area contributed by atoms with Crippen molar-refractivity contribution in [2.75, 3.05) is 5.32 Å². The van der Waals surface area contributed by atoms with E-state index in [0.29, 0.717) is 17.7 Å². The Labute approximate surface area is 135 Å². The Balaban J connectivity index is 1.77. The van der Waals surface area contributed by atoms with Crippen LogP contribution in [0.1, 0.15) is 28.1 Å². The molecule has 3 N–H and O–H groups in total. The number of hydrogen-bond donors (Lipinski definition) is 2. The topological polar surface area (TPSA) is 72.2 Å². The molecule has 0 unspecified atom stereocenters. The molecule has 1 aromatic heterocycles. The van der Waals surface area contributed by atoms with Gasteiger partial charge in [0.05, 0.1) is 3.79 Å². The van der Waals surface area contributed by atoms with E-state index >= 15 is 0 Å². The second kappa shape index (κ2) is 7.38. The van der Waals surface area contributed by atoms with Crippen LogP contribution in [0.25, 0.3) is 0 Å². The molecule has 0 bridgehead atoms. The molecular formula is C15H15BrN2O2S. The molecule has 110 valence electrons. The molecule has 1 aromatic carbocycles. The number of nitrogens with two attached hydrogens (primary N) is 1. The predicted octanol–water partition coefficient (Wildman–Crippen LogP) is 3.57. The predicted molar refractivity (Wildman–Crippen MR) is 88.5 cm³/mol. The number of rotatable bonds is 6. The number of primary amides is 1. The van der Waals surface area contributed by atoms with E-state index in [9.17, 15) is 9.59 Å². The highest BCUT2D eigenvalue weighted by molar-refractivity contribution is 9.11. The van der Waals surface area contributed by atoms with Gasteiger partial charge in [0.15, 0.2) is 0 Å². The zero-order valence-corrected chi connectivity index (χ0v) is 13.7. The first-order valence-corrected chi connectivity index (χ1v) is 8.09. The molecule has 4 nitrogen and oxygen atoms in total. The molecule has 2 amide bonds. The molecule has 6 heteroatoms. The van der Waals surface area contributed by atoms with Crippen LogP contribution in [-0.4, -0.2) is 11.8 Å². The molecule has 2 rings (SSSR count). The van der Waals surface area contributed by atoms with Crippen LogP contribution in [-0.2, 0) is 11.2 Å². The zero-order chi connectivity index (χ0) is 15.2. The molecule has 0 saturated heterocycles. The molecule has 0 aliphatic rings. The summed E-state index contributed by atoms with van der Waals surface area (Å²) >= 11 is 5.11. The molecule has 0 radical (unpaired) electrons. The number of carbonyl (C=O) groups excluding carboxylic acids is 2. The minimum absolute atomic E-state index is 0.0301. The first kappa shape index (κ1) is 15.7. The lowest BCUT2D eigenvalue weighted by molar-refractivity contribution is -0.116. The first-order chi connectivity index (χ1) is 10.0. The van der Waals surface area contributed by atoms with Crippen LogP contribution in [0.15, 0.2) is 40.2 Å². The Morgan fingerprint density at radius 3 is 2.43 bits per heavy atom. The molecule has 0 spiro atoms. The van der Waals surface area contributed by atoms with E-state index in [0.717, 1.165) is 16.6 Å². The van der Waals surface area contributed by atoms with Crippen LogP contribution in [0.3, 0.4) is 0 Å². The summed E-state index contributed by atoms with van der Waals surface area (Å²) in [6.45, 7) is 0. The van der Waals surface area contributed by atoms with Crippen molar-refractivity contribution in [3.8, 4) is 0 Å². The normalized spacial score (nSPS) is 10.3. The number of hydrogen-bond acceptors (Lipinski definition) is 3. The average Bonchev–Trinajstić information content (AvgIpc) is 2.85. The van der Waals surface area contributed by atoms with E-state index in [1.807, 2.05) is 6.07 Å². The van der Waals surface area contributed by atoms with E-state index < -0.39 is 5.91 Å². The number of benzene rings is 1. The van der Waals surface area contributed by atoms with Crippen molar-refractivity contribution in [3.05, 3.63) is 50.6 Å². The number of anilines is 1. The quantitative estimate of drug-likeness (QED) is 0.819. The van der Waals surface area contributed by atoms with Gasteiger partial charge in [0.2, 0.25) is 11.8 Å². The standard InChI is InChI=1S/C15H15BrN2O2S/c16-13-9-8-12(21-13)2-1-3-14(19)18-11-6-4-10(5-7-11)15(17)20/h4-9H,1-3H2,(H2,17,20)(H,18,19). The van der Waals surface area contributed by atoms with Crippen molar-refractivity contribution in [1.29, 1.82) is 0 Å². The van der Waals surface area contributed by atoms with Crippen LogP contribution in [0.4, 0.5) is 5.69 Å². The van der Waals surface area contributed by atoms with Crippen molar-refractivity contribution >= 4 is 44.8 Å². The van der Waals surface area contributed by atoms with Gasteiger partial charge in [-0.05, 0) is 65.2 Å². The Hall–Kier alpha value is -1.66. The summed E-state index contributed by atoms with van der Waals surface area (Å²) in [6.07, 6.45) is 2.16. The summed E-state index contributed by atoms with van der Waals surface area (Å²) in [5, 5.41) is 2.80. The molecule has 0 fully saturated rings. The SMILES string of the molecule is NC(=O)c1ccc(NC(=O)CCCc2ccc(Br)s2)cc1. The number of amides is 2. The third-order valence-electron chi connectivity index (χ3n) is 2.91. The fraction of sp³-hybridized carbons (Fsp3) is 0.200. The maximum Gasteiger partial charge on any atom is 0.248 e. The molecule has 0 aliphatic heterocycles. The summed E-state index contributed by atoms with van der Waals surface area (Å²) in [5.74, 6) is -0.507. The summed E-state index contributed by atoms with van der Waals surface area (Å²) in [6, 6.07) is 10.6. The van der Waals surface area contributed by atoms with Crippen LogP contribution in [0.5, 0.6) is 0 Å². The lowest BCUT2D eigenvalue weighted by Crippen LogP contribution is -2.13. The van der Waals surface area contributed by atoms with Gasteiger partial charge < -0.3 is 11.1 Å². The highest BCUT2D eigenvalue weighted by atomic mass is 79.9. The van der Waals surface area contributed by atoms with Crippen molar-refractivity contribution < 1.29 is 9.59 Å². The van der Waals surface area contributed by atoms with Crippen molar-refractivity contribution in [1.82, 2.24) is 0 Å². The maximum atomic E-state index is 11.8. The number of nitrogens with one attached hydrogen (secondary N) is 1. The number of aryl methyl sites for hydroxylation is 1. The number of halogens is 1. The Morgan fingerprint density at radius 1 is 1.14 bits per heavy atom. The summed E-state index contributed by atoms with van der Waals surface area (Å²) < 4.78 is 1.11. The second-order valence-corrected chi connectivity index (χ2v) is 7.10. The van der Waals surface area contributed by atoms with Crippen LogP contribution in [0.2, 0.25) is 0 Å². The van der Waals surface area contributed by atoms with Crippen LogP contribution in [0, 0.1) is 0 Å². The molecule has 2 aromatic rings. The minimum atomic E-state index is -0.477. The summed E-state index contributed by atoms with van der Waals surface area (Å²) in [4.78, 5) is 24.0. The smallest absolute Gasteiger partial charge is 0.248 e. The summed E-state index contributed by atoms with van der Waals surface area (Å²) in [7, 11) is 0. The molecule has 0 aliphatic carbocycles. The monoisotopic (exact) mass is 366 g/mol. The molecule has 0 saturated carbocycles. The third kappa shape index (κ3) is 4.99. The van der Waals surface area contributed by atoms with Crippen molar-refractivity contribution in [2.45, 2.75) is 19.3 Å². The lowest BCUT2D eigenvalue weighted by Gasteiger charge is -2.05. The molecule has 1 heterocycles. The Bertz CT molecular complexity index is 637. The van der Waals surface area contributed by atoms with Crippen LogP contribution >= 0.6 is 27.3 Å². The van der Waals surface area contributed by atoms with Gasteiger partial charge in [-0.1, -0.05) is 0 Å². The van der Waals surface area contributed by atoms with E-state index in [4.69, 9.17) is 5.73 Å². The van der Waals surface area contributed by atoms with E-state index in [1.165, 1.54) is 4.88 Å². The van der Waals surface area contributed by atoms with Gasteiger partial charge in [-0.3, -0.25) is 9.59 Å². The minimum Gasteiger partial charge on any atom is -0.366 e. The zero-order valence-electron chi connectivity index (χ0n) is 11.3. The Morgan fingerprint density at radius 2 is 1.86 bits per heavy atom. The fourth-order valence-electron chi connectivity index (χ4n) is 1.85. The molecule has 21 heavy (non-hydrogen) atoms. The average molecular weight is 367 g/mol. The van der Waals surface area contributed by atoms with Crippen molar-refractivity contribution in [3.63, 3.8) is 0 Å². The molecule has 0 atom stereocenters. The first-order valence-electron chi connectivity index (χ1n) is 6.48. The highest BCUT2D eigenvalue weighted by Crippen LogP contribution is 2.23. The highest BCUT2D eigenvalue weighted by Gasteiger charge is 2.05. The second-order valence-electron chi connectivity index (χ2n) is 4.55. The lowest BCUT2D eigenvalue weighted by atomic mass is 10.2. The van der Waals surface area contributed by atoms with E-state index in [1.54, 1.807) is 35.6 Å². The van der Waals surface area contributed by atoms with E-state index in [-0.39, 0.29) is 5.91 Å². The van der Waals surface area contributed by atoms with Gasteiger partial charge in [0.25, 0.3) is 0 Å². The van der Waals surface area contributed by atoms with Gasteiger partial charge in [0.1, 0.15) is 0 Å². The van der Waals surface area contributed by atoms with Gasteiger partial charge >= 0.3 is 0 Å². The van der Waals surface area contributed by atoms with Crippen molar-refractivity contribution in [2.24, 2.45) is 5.73 Å². The number of thiophene rings is 1. The maximum absolute atomic E-state index is 11.8. The van der Waals surface area contributed by atoms with Gasteiger partial charge in [-0.25, -0.2) is 0 Å². The van der Waals surface area contributed by atoms with Crippen LogP contribution < -0.4 is 11.1 Å². The summed E-state index contributed by atoms with van der Waals surface area (Å²) in [5.41, 5.74) is 6.26. The largest absolute Gasteiger partial charge is 0.366 e.